The number of benzene rings is 3. The number of aryl methyl sites for hydroxylation is 1. The Morgan fingerprint density at radius 3 is 2.40 bits per heavy atom. The van der Waals surface area contributed by atoms with E-state index in [1.165, 1.54) is 18.2 Å². The van der Waals surface area contributed by atoms with Gasteiger partial charge < -0.3 is 5.43 Å². The number of sulfonamides is 1. The molecule has 0 fully saturated rings. The van der Waals surface area contributed by atoms with E-state index < -0.39 is 21.0 Å². The van der Waals surface area contributed by atoms with E-state index in [1.807, 2.05) is 12.1 Å². The Bertz CT molecular complexity index is 1430. The third kappa shape index (κ3) is 5.60. The summed E-state index contributed by atoms with van der Waals surface area (Å²) >= 11 is 18.5. The van der Waals surface area contributed by atoms with Crippen molar-refractivity contribution in [3.8, 4) is 0 Å². The minimum Gasteiger partial charge on any atom is -0.302 e. The van der Waals surface area contributed by atoms with Gasteiger partial charge in [-0.2, -0.15) is 9.82 Å². The molecule has 2 atom stereocenters. The Hall–Kier alpha value is -2.69. The predicted octanol–water partition coefficient (Wildman–Crippen LogP) is 5.97. The molecule has 2 N–H and O–H groups in total. The topological polar surface area (TPSA) is 114 Å². The minimum absolute atomic E-state index is 0.206. The lowest BCUT2D eigenvalue weighted by Gasteiger charge is -2.21. The average molecular weight is 554 g/mol. The molecule has 3 aromatic carbocycles. The number of nitrogens with one attached hydrogen (secondary N) is 2. The van der Waals surface area contributed by atoms with E-state index in [0.717, 1.165) is 11.6 Å². The second-order valence-electron chi connectivity index (χ2n) is 7.97. The number of non-ortho nitro benzene ring substituents is 1. The van der Waals surface area contributed by atoms with Crippen molar-refractivity contribution in [1.82, 2.24) is 10.1 Å². The molecule has 12 heteroatoms. The van der Waals surface area contributed by atoms with Gasteiger partial charge in [0.15, 0.2) is 0 Å². The standard InChI is InChI=1S/C23H19Cl3N4O4S/c1-13-2-8-17(30(31)32)11-22(13)35(33,34)29-23(18-9-7-16(25)10-19(18)26)21-12-20(27-28-21)14-3-5-15(24)6-4-14/h2-11,20,23,27,29H,12H2,1H3/t20?,23-/m0/s1. The summed E-state index contributed by atoms with van der Waals surface area (Å²) in [6, 6.07) is 14.5. The first kappa shape index (κ1) is 25.4. The van der Waals surface area contributed by atoms with Crippen LogP contribution in [0, 0.1) is 17.0 Å². The molecule has 3 aromatic rings. The number of hydrogen-bond donors (Lipinski definition) is 2. The lowest BCUT2D eigenvalue weighted by Crippen LogP contribution is -2.34. The number of nitro groups is 1. The van der Waals surface area contributed by atoms with Crippen molar-refractivity contribution in [3.05, 3.63) is 103 Å². The summed E-state index contributed by atoms with van der Waals surface area (Å²) in [6.45, 7) is 1.56. The molecule has 1 aliphatic rings. The van der Waals surface area contributed by atoms with Crippen molar-refractivity contribution in [2.24, 2.45) is 5.10 Å². The van der Waals surface area contributed by atoms with Crippen LogP contribution in [0.5, 0.6) is 0 Å². The third-order valence-electron chi connectivity index (χ3n) is 5.60. The molecule has 8 nitrogen and oxygen atoms in total. The Morgan fingerprint density at radius 1 is 1.06 bits per heavy atom. The Kier molecular flexibility index (Phi) is 7.35. The van der Waals surface area contributed by atoms with Crippen LogP contribution in [0.4, 0.5) is 5.69 Å². The summed E-state index contributed by atoms with van der Waals surface area (Å²) in [7, 11) is -4.22. The van der Waals surface area contributed by atoms with E-state index in [2.05, 4.69) is 15.2 Å². The van der Waals surface area contributed by atoms with Crippen LogP contribution >= 0.6 is 34.8 Å². The zero-order chi connectivity index (χ0) is 25.3. The van der Waals surface area contributed by atoms with E-state index in [-0.39, 0.29) is 21.6 Å². The molecule has 0 bridgehead atoms. The predicted molar refractivity (Wildman–Crippen MR) is 137 cm³/mol. The quantitative estimate of drug-likeness (QED) is 0.276. The summed E-state index contributed by atoms with van der Waals surface area (Å²) in [6.07, 6.45) is 0.377. The van der Waals surface area contributed by atoms with Gasteiger partial charge in [0, 0.05) is 33.6 Å². The van der Waals surface area contributed by atoms with Gasteiger partial charge in [0.1, 0.15) is 0 Å². The molecular weight excluding hydrogens is 535 g/mol. The maximum Gasteiger partial charge on any atom is 0.270 e. The second kappa shape index (κ2) is 10.1. The zero-order valence-electron chi connectivity index (χ0n) is 18.2. The molecule has 0 aromatic heterocycles. The van der Waals surface area contributed by atoms with Crippen LogP contribution in [0.2, 0.25) is 15.1 Å². The fourth-order valence-electron chi connectivity index (χ4n) is 3.79. The van der Waals surface area contributed by atoms with Gasteiger partial charge in [-0.3, -0.25) is 10.1 Å². The van der Waals surface area contributed by atoms with Crippen LogP contribution in [0.3, 0.4) is 0 Å². The number of rotatable bonds is 7. The van der Waals surface area contributed by atoms with Crippen LogP contribution < -0.4 is 10.1 Å². The Labute approximate surface area is 217 Å². The van der Waals surface area contributed by atoms with Crippen molar-refractivity contribution in [2.45, 2.75) is 30.3 Å². The number of hydrazone groups is 1. The summed E-state index contributed by atoms with van der Waals surface area (Å²) in [5.41, 5.74) is 4.91. The lowest BCUT2D eigenvalue weighted by atomic mass is 9.96. The lowest BCUT2D eigenvalue weighted by molar-refractivity contribution is -0.385. The highest BCUT2D eigenvalue weighted by Crippen LogP contribution is 2.34. The monoisotopic (exact) mass is 552 g/mol. The van der Waals surface area contributed by atoms with Crippen LogP contribution in [0.1, 0.15) is 35.2 Å². The molecule has 0 aliphatic carbocycles. The smallest absolute Gasteiger partial charge is 0.270 e. The summed E-state index contributed by atoms with van der Waals surface area (Å²) < 4.78 is 29.5. The fourth-order valence-corrected chi connectivity index (χ4v) is 5.90. The Morgan fingerprint density at radius 2 is 1.74 bits per heavy atom. The van der Waals surface area contributed by atoms with E-state index in [0.29, 0.717) is 33.3 Å². The first-order valence-corrected chi connectivity index (χ1v) is 13.0. The molecular formula is C23H19Cl3N4O4S. The van der Waals surface area contributed by atoms with Crippen molar-refractivity contribution >= 4 is 56.2 Å². The summed E-state index contributed by atoms with van der Waals surface area (Å²) in [4.78, 5) is 10.4. The van der Waals surface area contributed by atoms with Gasteiger partial charge in [-0.15, -0.1) is 0 Å². The second-order valence-corrected chi connectivity index (χ2v) is 10.9. The van der Waals surface area contributed by atoms with Crippen LogP contribution in [0.25, 0.3) is 0 Å². The van der Waals surface area contributed by atoms with Gasteiger partial charge in [0.2, 0.25) is 10.0 Å². The minimum atomic E-state index is -4.22. The van der Waals surface area contributed by atoms with Crippen LogP contribution in [-0.2, 0) is 10.0 Å². The van der Waals surface area contributed by atoms with Crippen molar-refractivity contribution < 1.29 is 13.3 Å². The normalized spacial score (nSPS) is 16.5. The fraction of sp³-hybridized carbons (Fsp3) is 0.174. The average Bonchev–Trinajstić information content (AvgIpc) is 3.28. The molecule has 182 valence electrons. The molecule has 1 aliphatic heterocycles. The van der Waals surface area contributed by atoms with Gasteiger partial charge in [-0.25, -0.2) is 8.42 Å². The molecule has 0 spiro atoms. The van der Waals surface area contributed by atoms with Gasteiger partial charge in [-0.05, 0) is 47.9 Å². The largest absolute Gasteiger partial charge is 0.302 e. The number of nitrogens with zero attached hydrogens (tertiary/aromatic N) is 2. The first-order valence-electron chi connectivity index (χ1n) is 10.3. The van der Waals surface area contributed by atoms with Crippen LogP contribution in [-0.4, -0.2) is 19.1 Å². The SMILES string of the molecule is Cc1ccc([N+](=O)[O-])cc1S(=O)(=O)N[C@H](C1=NNC(c2ccc(Cl)cc2)C1)c1ccc(Cl)cc1Cl. The number of nitro benzene ring substituents is 1. The summed E-state index contributed by atoms with van der Waals surface area (Å²) in [5.74, 6) is 0. The maximum absolute atomic E-state index is 13.4. The maximum atomic E-state index is 13.4. The first-order chi connectivity index (χ1) is 16.5. The molecule has 4 rings (SSSR count). The highest BCUT2D eigenvalue weighted by molar-refractivity contribution is 7.89. The van der Waals surface area contributed by atoms with Gasteiger partial charge in [0.25, 0.3) is 5.69 Å². The van der Waals surface area contributed by atoms with E-state index in [4.69, 9.17) is 34.8 Å². The highest BCUT2D eigenvalue weighted by Gasteiger charge is 2.33. The van der Waals surface area contributed by atoms with Crippen LogP contribution in [0.15, 0.2) is 70.7 Å². The molecule has 35 heavy (non-hydrogen) atoms. The molecule has 0 radical (unpaired) electrons. The number of halogens is 3. The van der Waals surface area contributed by atoms with E-state index in [1.54, 1.807) is 31.2 Å². The molecule has 0 saturated carbocycles. The zero-order valence-corrected chi connectivity index (χ0v) is 21.3. The summed E-state index contributed by atoms with van der Waals surface area (Å²) in [5, 5.41) is 16.9. The van der Waals surface area contributed by atoms with Gasteiger partial charge >= 0.3 is 0 Å². The number of hydrogen-bond acceptors (Lipinski definition) is 6. The highest BCUT2D eigenvalue weighted by atomic mass is 35.5. The van der Waals surface area contributed by atoms with Crippen molar-refractivity contribution in [1.29, 1.82) is 0 Å². The molecule has 0 amide bonds. The van der Waals surface area contributed by atoms with E-state index in [9.17, 15) is 18.5 Å². The third-order valence-corrected chi connectivity index (χ3v) is 7.98. The van der Waals surface area contributed by atoms with Gasteiger partial charge in [0.05, 0.1) is 27.6 Å². The molecule has 0 saturated heterocycles. The van der Waals surface area contributed by atoms with Crippen molar-refractivity contribution in [3.63, 3.8) is 0 Å². The van der Waals surface area contributed by atoms with E-state index >= 15 is 0 Å². The van der Waals surface area contributed by atoms with Crippen molar-refractivity contribution in [2.75, 3.05) is 0 Å². The Balaban J connectivity index is 1.72. The van der Waals surface area contributed by atoms with Gasteiger partial charge in [-0.1, -0.05) is 59.1 Å². The molecule has 1 heterocycles. The molecule has 1 unspecified atom stereocenters.